The Hall–Kier alpha value is -0.730. The Kier molecular flexibility index (Phi) is 4.89. The number of halogens is 2. The molecule has 1 amide bonds. The molecule has 0 bridgehead atoms. The van der Waals surface area contributed by atoms with E-state index in [2.05, 4.69) is 37.2 Å². The zero-order valence-corrected chi connectivity index (χ0v) is 15.4. The maximum Gasteiger partial charge on any atom is 0.341 e. The lowest BCUT2D eigenvalue weighted by Crippen LogP contribution is -2.30. The first-order chi connectivity index (χ1) is 9.77. The Morgan fingerprint density at radius 2 is 2.10 bits per heavy atom. The summed E-state index contributed by atoms with van der Waals surface area (Å²) in [5, 5.41) is 2.99. The summed E-state index contributed by atoms with van der Waals surface area (Å²) in [4.78, 5) is 36.3. The molecule has 0 radical (unpaired) electrons. The summed E-state index contributed by atoms with van der Waals surface area (Å²) in [5.41, 5.74) is 0.956. The van der Waals surface area contributed by atoms with E-state index in [1.165, 1.54) is 6.92 Å². The smallest absolute Gasteiger partial charge is 0.341 e. The van der Waals surface area contributed by atoms with Gasteiger partial charge in [0.2, 0.25) is 5.91 Å². The van der Waals surface area contributed by atoms with Crippen molar-refractivity contribution in [2.24, 2.45) is 0 Å². The molecule has 1 aliphatic carbocycles. The molecule has 0 spiro atoms. The van der Waals surface area contributed by atoms with Crippen LogP contribution in [0.4, 0.5) is 5.00 Å². The predicted molar refractivity (Wildman–Crippen MR) is 87.8 cm³/mol. The van der Waals surface area contributed by atoms with Crippen LogP contribution >= 0.6 is 43.2 Å². The van der Waals surface area contributed by atoms with Crippen molar-refractivity contribution in [2.45, 2.75) is 29.9 Å². The highest BCUT2D eigenvalue weighted by molar-refractivity contribution is 9.26. The molecule has 1 N–H and O–H groups in total. The monoisotopic (exact) mass is 437 g/mol. The number of esters is 1. The van der Waals surface area contributed by atoms with Gasteiger partial charge in [-0.2, -0.15) is 0 Å². The number of alkyl halides is 2. The molecular formula is C13H13Br2NO4S. The van der Waals surface area contributed by atoms with Crippen LogP contribution in [0.25, 0.3) is 0 Å². The molecule has 0 aromatic carbocycles. The molecule has 0 fully saturated rings. The third kappa shape index (κ3) is 3.22. The normalized spacial score (nSPS) is 16.3. The second-order valence-corrected chi connectivity index (χ2v) is 9.34. The first-order valence-electron chi connectivity index (χ1n) is 6.31. The van der Waals surface area contributed by atoms with Gasteiger partial charge in [-0.3, -0.25) is 9.59 Å². The van der Waals surface area contributed by atoms with Gasteiger partial charge < -0.3 is 10.1 Å². The molecule has 0 atom stereocenters. The number of ketones is 1. The number of fused-ring (bicyclic) bond motifs is 1. The highest BCUT2D eigenvalue weighted by atomic mass is 79.9. The van der Waals surface area contributed by atoms with Gasteiger partial charge in [-0.25, -0.2) is 4.79 Å². The molecule has 1 heterocycles. The minimum Gasteiger partial charge on any atom is -0.462 e. The highest BCUT2D eigenvalue weighted by Gasteiger charge is 2.42. The molecule has 0 saturated heterocycles. The molecule has 2 rings (SSSR count). The van der Waals surface area contributed by atoms with Crippen molar-refractivity contribution >= 4 is 65.9 Å². The van der Waals surface area contributed by atoms with Gasteiger partial charge in [0.25, 0.3) is 0 Å². The Morgan fingerprint density at radius 1 is 1.43 bits per heavy atom. The SMILES string of the molecule is CCOC(=O)c1c(NC(C)=O)sc2c1CCC(Br)(Br)C2=O. The number of nitrogens with one attached hydrogen (secondary N) is 1. The average molecular weight is 439 g/mol. The summed E-state index contributed by atoms with van der Waals surface area (Å²) in [6.07, 6.45) is 1.06. The molecule has 0 aliphatic heterocycles. The van der Waals surface area contributed by atoms with E-state index < -0.39 is 9.20 Å². The number of rotatable bonds is 3. The molecule has 5 nitrogen and oxygen atoms in total. The zero-order chi connectivity index (χ0) is 15.8. The van der Waals surface area contributed by atoms with E-state index in [1.807, 2.05) is 0 Å². The number of Topliss-reactive ketones (excluding diaryl/α,β-unsaturated/α-hetero) is 1. The summed E-state index contributed by atoms with van der Waals surface area (Å²) >= 11 is 7.81. The largest absolute Gasteiger partial charge is 0.462 e. The number of hydrogen-bond acceptors (Lipinski definition) is 5. The van der Waals surface area contributed by atoms with Crippen LogP contribution in [-0.4, -0.2) is 27.5 Å². The van der Waals surface area contributed by atoms with Crippen LogP contribution in [0.2, 0.25) is 0 Å². The molecule has 114 valence electrons. The van der Waals surface area contributed by atoms with Crippen molar-refractivity contribution in [2.75, 3.05) is 11.9 Å². The van der Waals surface area contributed by atoms with E-state index in [0.717, 1.165) is 11.3 Å². The minimum atomic E-state index is -0.808. The molecule has 1 aromatic heterocycles. The lowest BCUT2D eigenvalue weighted by Gasteiger charge is -2.24. The van der Waals surface area contributed by atoms with E-state index in [4.69, 9.17) is 4.74 Å². The third-order valence-corrected chi connectivity index (χ3v) is 5.66. The fourth-order valence-electron chi connectivity index (χ4n) is 2.12. The molecule has 0 unspecified atom stereocenters. The number of ether oxygens (including phenoxy) is 1. The molecule has 0 saturated carbocycles. The van der Waals surface area contributed by atoms with Crippen LogP contribution in [0, 0.1) is 0 Å². The van der Waals surface area contributed by atoms with Gasteiger partial charge in [-0.05, 0) is 25.3 Å². The van der Waals surface area contributed by atoms with Crippen LogP contribution < -0.4 is 5.32 Å². The van der Waals surface area contributed by atoms with Crippen molar-refractivity contribution < 1.29 is 19.1 Å². The summed E-state index contributed by atoms with van der Waals surface area (Å²) in [7, 11) is 0. The van der Waals surface area contributed by atoms with Crippen molar-refractivity contribution in [3.05, 3.63) is 16.0 Å². The second-order valence-electron chi connectivity index (χ2n) is 4.55. The van der Waals surface area contributed by atoms with Gasteiger partial charge in [0, 0.05) is 6.92 Å². The van der Waals surface area contributed by atoms with Crippen LogP contribution in [0.1, 0.15) is 45.9 Å². The quantitative estimate of drug-likeness (QED) is 0.579. The first kappa shape index (κ1) is 16.6. The Bertz CT molecular complexity index is 624. The van der Waals surface area contributed by atoms with E-state index in [1.54, 1.807) is 6.92 Å². The molecular weight excluding hydrogens is 426 g/mol. The number of thiophene rings is 1. The zero-order valence-electron chi connectivity index (χ0n) is 11.4. The van der Waals surface area contributed by atoms with Crippen LogP contribution in [0.15, 0.2) is 0 Å². The maximum absolute atomic E-state index is 12.4. The Morgan fingerprint density at radius 3 is 2.67 bits per heavy atom. The maximum atomic E-state index is 12.4. The lowest BCUT2D eigenvalue weighted by molar-refractivity contribution is -0.114. The molecule has 1 aromatic rings. The summed E-state index contributed by atoms with van der Waals surface area (Å²) < 4.78 is 4.24. The summed E-state index contributed by atoms with van der Waals surface area (Å²) in [5.74, 6) is -0.949. The number of carbonyl (C=O) groups excluding carboxylic acids is 3. The van der Waals surface area contributed by atoms with Crippen LogP contribution in [0.3, 0.4) is 0 Å². The molecule has 1 aliphatic rings. The summed E-state index contributed by atoms with van der Waals surface area (Å²) in [6, 6.07) is 0. The third-order valence-electron chi connectivity index (χ3n) is 3.00. The van der Waals surface area contributed by atoms with Gasteiger partial charge in [0.15, 0.2) is 5.78 Å². The van der Waals surface area contributed by atoms with Crippen molar-refractivity contribution in [3.63, 3.8) is 0 Å². The Labute approximate surface area is 142 Å². The van der Waals surface area contributed by atoms with Crippen LogP contribution in [0.5, 0.6) is 0 Å². The fourth-order valence-corrected chi connectivity index (χ4v) is 4.47. The number of carbonyl (C=O) groups is 3. The first-order valence-corrected chi connectivity index (χ1v) is 8.71. The number of amides is 1. The average Bonchev–Trinajstić information content (AvgIpc) is 2.72. The van der Waals surface area contributed by atoms with E-state index >= 15 is 0 Å². The standard InChI is InChI=1S/C13H13Br2NO4S/c1-3-20-12(19)8-7-4-5-13(14,15)10(18)9(7)21-11(8)16-6(2)17/h3-5H2,1-2H3,(H,16,17). The van der Waals surface area contributed by atoms with E-state index in [0.29, 0.717) is 33.8 Å². The summed E-state index contributed by atoms with van der Waals surface area (Å²) in [6.45, 7) is 3.30. The van der Waals surface area contributed by atoms with Gasteiger partial charge in [0.1, 0.15) is 8.23 Å². The molecule has 8 heteroatoms. The second kappa shape index (κ2) is 6.18. The van der Waals surface area contributed by atoms with Gasteiger partial charge in [-0.1, -0.05) is 31.9 Å². The number of anilines is 1. The fraction of sp³-hybridized carbons (Fsp3) is 0.462. The lowest BCUT2D eigenvalue weighted by atomic mass is 9.94. The van der Waals surface area contributed by atoms with Gasteiger partial charge in [-0.15, -0.1) is 11.3 Å². The van der Waals surface area contributed by atoms with Gasteiger partial charge >= 0.3 is 5.97 Å². The minimum absolute atomic E-state index is 0.143. The predicted octanol–water partition coefficient (Wildman–Crippen LogP) is 3.50. The van der Waals surface area contributed by atoms with Crippen molar-refractivity contribution in [1.29, 1.82) is 0 Å². The van der Waals surface area contributed by atoms with Crippen molar-refractivity contribution in [1.82, 2.24) is 0 Å². The molecule has 21 heavy (non-hydrogen) atoms. The highest BCUT2D eigenvalue weighted by Crippen LogP contribution is 2.46. The topological polar surface area (TPSA) is 72.5 Å². The Balaban J connectivity index is 2.55. The van der Waals surface area contributed by atoms with Crippen molar-refractivity contribution in [3.8, 4) is 0 Å². The van der Waals surface area contributed by atoms with E-state index in [-0.39, 0.29) is 18.3 Å². The van der Waals surface area contributed by atoms with E-state index in [9.17, 15) is 14.4 Å². The van der Waals surface area contributed by atoms with Gasteiger partial charge in [0.05, 0.1) is 17.0 Å². The number of hydrogen-bond donors (Lipinski definition) is 1. The van der Waals surface area contributed by atoms with Crippen LogP contribution in [-0.2, 0) is 16.0 Å².